The molecule has 0 bridgehead atoms. The lowest BCUT2D eigenvalue weighted by Gasteiger charge is -2.18. The van der Waals surface area contributed by atoms with Crippen LogP contribution in [0, 0.1) is 0 Å². The summed E-state index contributed by atoms with van der Waals surface area (Å²) in [5.41, 5.74) is 0.753. The van der Waals surface area contributed by atoms with Crippen molar-refractivity contribution in [1.82, 2.24) is 4.90 Å². The summed E-state index contributed by atoms with van der Waals surface area (Å²) in [6, 6.07) is 11.6. The van der Waals surface area contributed by atoms with Crippen LogP contribution in [0.3, 0.4) is 0 Å². The first-order valence-corrected chi connectivity index (χ1v) is 8.69. The number of thioether (sulfide) groups is 1. The number of hydrogen-bond acceptors (Lipinski definition) is 4. The second kappa shape index (κ2) is 8.08. The third-order valence-electron chi connectivity index (χ3n) is 3.30. The van der Waals surface area contributed by atoms with E-state index in [0.717, 1.165) is 4.90 Å². The zero-order valence-corrected chi connectivity index (χ0v) is 14.8. The monoisotopic (exact) mass is 364 g/mol. The van der Waals surface area contributed by atoms with Crippen LogP contribution >= 0.6 is 23.4 Å². The van der Waals surface area contributed by atoms with E-state index in [9.17, 15) is 14.7 Å². The number of phenols is 1. The van der Waals surface area contributed by atoms with E-state index in [1.54, 1.807) is 6.07 Å². The largest absolute Gasteiger partial charge is 0.507 e. The number of para-hydroxylation sites is 1. The van der Waals surface area contributed by atoms with Gasteiger partial charge < -0.3 is 15.3 Å². The Kier molecular flexibility index (Phi) is 6.11. The Morgan fingerprint density at radius 1 is 1.25 bits per heavy atom. The highest BCUT2D eigenvalue weighted by Crippen LogP contribution is 2.25. The normalized spacial score (nSPS) is 10.3. The molecule has 0 atom stereocenters. The number of carbonyl (C=O) groups is 2. The molecule has 0 fully saturated rings. The molecule has 126 valence electrons. The molecular formula is C17H17ClN2O3S. The molecule has 7 heteroatoms. The van der Waals surface area contributed by atoms with Gasteiger partial charge in [-0.2, -0.15) is 0 Å². The van der Waals surface area contributed by atoms with Crippen LogP contribution in [0.4, 0.5) is 5.69 Å². The molecule has 2 amide bonds. The summed E-state index contributed by atoms with van der Waals surface area (Å²) in [6.45, 7) is -0.145. The van der Waals surface area contributed by atoms with Crippen molar-refractivity contribution in [1.29, 1.82) is 0 Å². The average molecular weight is 365 g/mol. The molecule has 2 aromatic carbocycles. The first-order valence-electron chi connectivity index (χ1n) is 7.09. The van der Waals surface area contributed by atoms with Gasteiger partial charge in [-0.15, -0.1) is 11.8 Å². The highest BCUT2D eigenvalue weighted by atomic mass is 35.5. The van der Waals surface area contributed by atoms with Gasteiger partial charge in [0.15, 0.2) is 0 Å². The Balaban J connectivity index is 2.06. The van der Waals surface area contributed by atoms with E-state index >= 15 is 0 Å². The van der Waals surface area contributed by atoms with E-state index in [1.807, 2.05) is 24.5 Å². The van der Waals surface area contributed by atoms with E-state index < -0.39 is 5.91 Å². The lowest BCUT2D eigenvalue weighted by molar-refractivity contribution is -0.116. The van der Waals surface area contributed by atoms with Crippen LogP contribution in [0.15, 0.2) is 47.4 Å². The Bertz CT molecular complexity index is 767. The number of benzene rings is 2. The van der Waals surface area contributed by atoms with Crippen LogP contribution in [0.25, 0.3) is 0 Å². The number of anilines is 1. The van der Waals surface area contributed by atoms with E-state index in [-0.39, 0.29) is 23.8 Å². The zero-order valence-electron chi connectivity index (χ0n) is 13.2. The number of nitrogens with one attached hydrogen (secondary N) is 1. The number of likely N-dealkylation sites (N-methyl/N-ethyl adjacent to an activating group) is 1. The first kappa shape index (κ1) is 18.2. The molecule has 2 rings (SSSR count). The van der Waals surface area contributed by atoms with Crippen LogP contribution in [-0.2, 0) is 4.79 Å². The third-order valence-corrected chi connectivity index (χ3v) is 4.33. The molecule has 24 heavy (non-hydrogen) atoms. The lowest BCUT2D eigenvalue weighted by atomic mass is 10.2. The molecule has 0 saturated carbocycles. The van der Waals surface area contributed by atoms with Crippen molar-refractivity contribution in [3.05, 3.63) is 53.1 Å². The number of nitrogens with zero attached hydrogens (tertiary/aromatic N) is 1. The van der Waals surface area contributed by atoms with Gasteiger partial charge >= 0.3 is 0 Å². The van der Waals surface area contributed by atoms with Crippen LogP contribution in [0.5, 0.6) is 5.75 Å². The van der Waals surface area contributed by atoms with Gasteiger partial charge in [-0.1, -0.05) is 23.7 Å². The van der Waals surface area contributed by atoms with Crippen LogP contribution in [0.2, 0.25) is 5.02 Å². The number of amides is 2. The number of carbonyl (C=O) groups excluding carboxylic acids is 2. The summed E-state index contributed by atoms with van der Waals surface area (Å²) in [7, 11) is 1.49. The SMILES string of the molecule is CSc1ccccc1NC(=O)CN(C)C(=O)c1cc(Cl)ccc1O. The standard InChI is InChI=1S/C17H17ClN2O3S/c1-20(17(23)12-9-11(18)7-8-14(12)21)10-16(22)19-13-5-3-4-6-15(13)24-2/h3-9,21H,10H2,1-2H3,(H,19,22). The minimum Gasteiger partial charge on any atom is -0.507 e. The molecule has 0 unspecified atom stereocenters. The molecule has 0 aliphatic heterocycles. The number of aromatic hydroxyl groups is 1. The maximum atomic E-state index is 12.4. The molecular weight excluding hydrogens is 348 g/mol. The van der Waals surface area contributed by atoms with Crippen molar-refractivity contribution < 1.29 is 14.7 Å². The van der Waals surface area contributed by atoms with E-state index in [4.69, 9.17) is 11.6 Å². The Morgan fingerprint density at radius 3 is 2.67 bits per heavy atom. The van der Waals surface area contributed by atoms with Crippen LogP contribution in [-0.4, -0.2) is 41.7 Å². The highest BCUT2D eigenvalue weighted by molar-refractivity contribution is 7.98. The third kappa shape index (κ3) is 4.43. The van der Waals surface area contributed by atoms with Crippen molar-refractivity contribution in [2.45, 2.75) is 4.90 Å². The Morgan fingerprint density at radius 2 is 1.96 bits per heavy atom. The van der Waals surface area contributed by atoms with Gasteiger partial charge in [0.05, 0.1) is 17.8 Å². The fourth-order valence-electron chi connectivity index (χ4n) is 2.11. The molecule has 0 aromatic heterocycles. The van der Waals surface area contributed by atoms with Gasteiger partial charge in [0.25, 0.3) is 5.91 Å². The van der Waals surface area contributed by atoms with Gasteiger partial charge in [0.2, 0.25) is 5.91 Å². The van der Waals surface area contributed by atoms with Crippen molar-refractivity contribution >= 4 is 40.9 Å². The summed E-state index contributed by atoms with van der Waals surface area (Å²) in [6.07, 6.45) is 1.92. The molecule has 2 aromatic rings. The summed E-state index contributed by atoms with van der Waals surface area (Å²) in [4.78, 5) is 26.7. The summed E-state index contributed by atoms with van der Waals surface area (Å²) in [5, 5.41) is 12.9. The molecule has 0 spiro atoms. The summed E-state index contributed by atoms with van der Waals surface area (Å²) >= 11 is 7.37. The van der Waals surface area contributed by atoms with Crippen molar-refractivity contribution in [2.24, 2.45) is 0 Å². The Hall–Kier alpha value is -2.18. The summed E-state index contributed by atoms with van der Waals surface area (Å²) in [5.74, 6) is -0.985. The molecule has 0 aliphatic rings. The van der Waals surface area contributed by atoms with E-state index in [1.165, 1.54) is 41.9 Å². The minimum atomic E-state index is -0.483. The summed E-state index contributed by atoms with van der Waals surface area (Å²) < 4.78 is 0. The first-order chi connectivity index (χ1) is 11.4. The second-order valence-electron chi connectivity index (χ2n) is 5.07. The van der Waals surface area contributed by atoms with Gasteiger partial charge in [0, 0.05) is 17.0 Å². The predicted molar refractivity (Wildman–Crippen MR) is 96.9 cm³/mol. The molecule has 2 N–H and O–H groups in total. The van der Waals surface area contributed by atoms with Gasteiger partial charge in [-0.25, -0.2) is 0 Å². The number of hydrogen-bond donors (Lipinski definition) is 2. The fourth-order valence-corrected chi connectivity index (χ4v) is 2.84. The quantitative estimate of drug-likeness (QED) is 0.797. The van der Waals surface area contributed by atoms with Crippen molar-refractivity contribution in [3.8, 4) is 5.75 Å². The molecule has 0 heterocycles. The van der Waals surface area contributed by atoms with Crippen molar-refractivity contribution in [3.63, 3.8) is 0 Å². The van der Waals surface area contributed by atoms with Gasteiger partial charge in [-0.3, -0.25) is 9.59 Å². The zero-order chi connectivity index (χ0) is 17.7. The Labute approximate surface area is 149 Å². The van der Waals surface area contributed by atoms with Gasteiger partial charge in [0.1, 0.15) is 5.75 Å². The number of rotatable bonds is 5. The van der Waals surface area contributed by atoms with E-state index in [2.05, 4.69) is 5.32 Å². The fraction of sp³-hybridized carbons (Fsp3) is 0.176. The topological polar surface area (TPSA) is 69.6 Å². The van der Waals surface area contributed by atoms with Gasteiger partial charge in [-0.05, 0) is 36.6 Å². The maximum absolute atomic E-state index is 12.4. The van der Waals surface area contributed by atoms with Crippen molar-refractivity contribution in [2.75, 3.05) is 25.2 Å². The maximum Gasteiger partial charge on any atom is 0.257 e. The molecule has 0 aliphatic carbocycles. The van der Waals surface area contributed by atoms with Crippen LogP contribution < -0.4 is 5.32 Å². The molecule has 5 nitrogen and oxygen atoms in total. The number of halogens is 1. The average Bonchev–Trinajstić information content (AvgIpc) is 2.56. The smallest absolute Gasteiger partial charge is 0.257 e. The molecule has 0 radical (unpaired) electrons. The lowest BCUT2D eigenvalue weighted by Crippen LogP contribution is -2.35. The van der Waals surface area contributed by atoms with E-state index in [0.29, 0.717) is 10.7 Å². The minimum absolute atomic E-state index is 0.0577. The predicted octanol–water partition coefficient (Wildman–Crippen LogP) is 3.48. The van der Waals surface area contributed by atoms with Crippen LogP contribution in [0.1, 0.15) is 10.4 Å². The second-order valence-corrected chi connectivity index (χ2v) is 6.36. The highest BCUT2D eigenvalue weighted by Gasteiger charge is 2.19. The molecule has 0 saturated heterocycles. The number of phenolic OH excluding ortho intramolecular Hbond substituents is 1.